The second kappa shape index (κ2) is 3.89. The highest BCUT2D eigenvalue weighted by Crippen LogP contribution is 2.22. The molecule has 0 saturated heterocycles. The van der Waals surface area contributed by atoms with Gasteiger partial charge < -0.3 is 0 Å². The summed E-state index contributed by atoms with van der Waals surface area (Å²) in [6.07, 6.45) is 3.06. The summed E-state index contributed by atoms with van der Waals surface area (Å²) in [5, 5.41) is 4.41. The van der Waals surface area contributed by atoms with Gasteiger partial charge in [0.15, 0.2) is 0 Å². The molecule has 1 aromatic carbocycles. The quantitative estimate of drug-likeness (QED) is 0.728. The van der Waals surface area contributed by atoms with E-state index >= 15 is 0 Å². The van der Waals surface area contributed by atoms with Gasteiger partial charge in [-0.3, -0.25) is 4.68 Å². The number of benzene rings is 1. The molecule has 0 spiro atoms. The Morgan fingerprint density at radius 2 is 2.07 bits per heavy atom. The second-order valence-corrected chi connectivity index (χ2v) is 3.88. The predicted molar refractivity (Wildman–Crippen MR) is 62.8 cm³/mol. The van der Waals surface area contributed by atoms with E-state index in [4.69, 9.17) is 0 Å². The second-order valence-electron chi connectivity index (χ2n) is 3.88. The van der Waals surface area contributed by atoms with Gasteiger partial charge in [0.1, 0.15) is 0 Å². The lowest BCUT2D eigenvalue weighted by molar-refractivity contribution is 0.770. The molecule has 15 heavy (non-hydrogen) atoms. The molecule has 2 nitrogen and oxygen atoms in total. The normalized spacial score (nSPS) is 10.6. The van der Waals surface area contributed by atoms with Gasteiger partial charge in [0.2, 0.25) is 0 Å². The Bertz CT molecular complexity index is 469. The summed E-state index contributed by atoms with van der Waals surface area (Å²) in [6, 6.07) is 8.63. The summed E-state index contributed by atoms with van der Waals surface area (Å²) in [5.74, 6) is 0. The zero-order valence-electron chi connectivity index (χ0n) is 9.49. The minimum Gasteiger partial charge on any atom is -0.275 e. The van der Waals surface area contributed by atoms with Gasteiger partial charge in [0.05, 0.1) is 5.69 Å². The van der Waals surface area contributed by atoms with Crippen molar-refractivity contribution in [1.29, 1.82) is 0 Å². The molecule has 78 valence electrons. The highest BCUT2D eigenvalue weighted by atomic mass is 15.2. The summed E-state index contributed by atoms with van der Waals surface area (Å²) in [6.45, 7) is 4.32. The number of aryl methyl sites for hydroxylation is 3. The lowest BCUT2D eigenvalue weighted by atomic mass is 10.0. The van der Waals surface area contributed by atoms with Crippen molar-refractivity contribution < 1.29 is 0 Å². The Morgan fingerprint density at radius 3 is 2.60 bits per heavy atom. The van der Waals surface area contributed by atoms with Crippen LogP contribution >= 0.6 is 0 Å². The van der Waals surface area contributed by atoms with E-state index < -0.39 is 0 Å². The van der Waals surface area contributed by atoms with E-state index in [1.807, 2.05) is 24.0 Å². The predicted octanol–water partition coefficient (Wildman–Crippen LogP) is 2.96. The van der Waals surface area contributed by atoms with Gasteiger partial charge in [-0.25, -0.2) is 0 Å². The molecule has 2 aromatic rings. The van der Waals surface area contributed by atoms with Gasteiger partial charge in [-0.05, 0) is 30.5 Å². The highest BCUT2D eigenvalue weighted by molar-refractivity contribution is 5.63. The topological polar surface area (TPSA) is 17.8 Å². The first-order valence-electron chi connectivity index (χ1n) is 5.30. The van der Waals surface area contributed by atoms with Crippen LogP contribution in [-0.2, 0) is 13.5 Å². The minimum absolute atomic E-state index is 1.05. The van der Waals surface area contributed by atoms with Crippen molar-refractivity contribution in [3.8, 4) is 11.3 Å². The molecular weight excluding hydrogens is 184 g/mol. The van der Waals surface area contributed by atoms with E-state index in [-0.39, 0.29) is 0 Å². The Kier molecular flexibility index (Phi) is 2.58. The summed E-state index contributed by atoms with van der Waals surface area (Å²) in [4.78, 5) is 0. The number of hydrogen-bond donors (Lipinski definition) is 0. The molecule has 0 saturated carbocycles. The van der Waals surface area contributed by atoms with Crippen LogP contribution in [0.2, 0.25) is 0 Å². The zero-order chi connectivity index (χ0) is 10.8. The molecule has 0 aliphatic rings. The van der Waals surface area contributed by atoms with Crippen LogP contribution in [0.4, 0.5) is 0 Å². The van der Waals surface area contributed by atoms with Crippen molar-refractivity contribution in [2.24, 2.45) is 7.05 Å². The molecule has 1 heterocycles. The molecule has 0 aliphatic carbocycles. The van der Waals surface area contributed by atoms with Crippen molar-refractivity contribution in [1.82, 2.24) is 9.78 Å². The Hall–Kier alpha value is -1.57. The van der Waals surface area contributed by atoms with Crippen LogP contribution in [0.1, 0.15) is 18.1 Å². The van der Waals surface area contributed by atoms with Crippen LogP contribution in [-0.4, -0.2) is 9.78 Å². The first kappa shape index (κ1) is 9.97. The Labute approximate surface area is 90.6 Å². The Morgan fingerprint density at radius 1 is 1.27 bits per heavy atom. The largest absolute Gasteiger partial charge is 0.275 e. The van der Waals surface area contributed by atoms with E-state index in [1.165, 1.54) is 16.7 Å². The SMILES string of the molecule is CCc1ccc(-c2ccn(C)n2)c(C)c1. The summed E-state index contributed by atoms with van der Waals surface area (Å²) < 4.78 is 1.84. The van der Waals surface area contributed by atoms with Crippen LogP contribution in [0.15, 0.2) is 30.5 Å². The minimum atomic E-state index is 1.05. The average Bonchev–Trinajstić information content (AvgIpc) is 2.64. The van der Waals surface area contributed by atoms with Crippen LogP contribution in [0.3, 0.4) is 0 Å². The fourth-order valence-electron chi connectivity index (χ4n) is 1.79. The van der Waals surface area contributed by atoms with E-state index in [1.54, 1.807) is 0 Å². The van der Waals surface area contributed by atoms with Gasteiger partial charge in [-0.15, -0.1) is 0 Å². The van der Waals surface area contributed by atoms with Crippen molar-refractivity contribution in [3.05, 3.63) is 41.6 Å². The van der Waals surface area contributed by atoms with Crippen LogP contribution in [0.25, 0.3) is 11.3 Å². The summed E-state index contributed by atoms with van der Waals surface area (Å²) in [5.41, 5.74) is 4.96. The molecule has 0 fully saturated rings. The third-order valence-corrected chi connectivity index (χ3v) is 2.69. The number of rotatable bonds is 2. The third kappa shape index (κ3) is 1.94. The maximum absolute atomic E-state index is 4.41. The summed E-state index contributed by atoms with van der Waals surface area (Å²) in [7, 11) is 1.94. The number of hydrogen-bond acceptors (Lipinski definition) is 1. The zero-order valence-corrected chi connectivity index (χ0v) is 9.49. The molecule has 0 bridgehead atoms. The molecule has 0 unspecified atom stereocenters. The highest BCUT2D eigenvalue weighted by Gasteiger charge is 2.04. The first-order chi connectivity index (χ1) is 7.20. The lowest BCUT2D eigenvalue weighted by Gasteiger charge is -2.04. The molecule has 1 aromatic heterocycles. The van der Waals surface area contributed by atoms with Crippen LogP contribution in [0.5, 0.6) is 0 Å². The molecule has 0 N–H and O–H groups in total. The monoisotopic (exact) mass is 200 g/mol. The molecule has 0 atom stereocenters. The maximum Gasteiger partial charge on any atom is 0.0925 e. The molecule has 0 aliphatic heterocycles. The number of aromatic nitrogens is 2. The standard InChI is InChI=1S/C13H16N2/c1-4-11-5-6-12(10(2)9-11)13-7-8-15(3)14-13/h5-9H,4H2,1-3H3. The average molecular weight is 200 g/mol. The van der Waals surface area contributed by atoms with Crippen molar-refractivity contribution in [2.75, 3.05) is 0 Å². The van der Waals surface area contributed by atoms with Crippen molar-refractivity contribution in [2.45, 2.75) is 20.3 Å². The fraction of sp³-hybridized carbons (Fsp3) is 0.308. The van der Waals surface area contributed by atoms with E-state index in [0.29, 0.717) is 0 Å². The van der Waals surface area contributed by atoms with E-state index in [2.05, 4.69) is 37.1 Å². The fourth-order valence-corrected chi connectivity index (χ4v) is 1.79. The lowest BCUT2D eigenvalue weighted by Crippen LogP contribution is -1.90. The molecule has 0 radical (unpaired) electrons. The van der Waals surface area contributed by atoms with E-state index in [9.17, 15) is 0 Å². The van der Waals surface area contributed by atoms with Crippen LogP contribution in [0, 0.1) is 6.92 Å². The van der Waals surface area contributed by atoms with Crippen molar-refractivity contribution in [3.63, 3.8) is 0 Å². The van der Waals surface area contributed by atoms with Gasteiger partial charge >= 0.3 is 0 Å². The Balaban J connectivity index is 2.45. The number of nitrogens with zero attached hydrogens (tertiary/aromatic N) is 2. The van der Waals surface area contributed by atoms with Gasteiger partial charge in [0.25, 0.3) is 0 Å². The molecular formula is C13H16N2. The molecule has 0 amide bonds. The molecule has 2 rings (SSSR count). The van der Waals surface area contributed by atoms with E-state index in [0.717, 1.165) is 12.1 Å². The van der Waals surface area contributed by atoms with Gasteiger partial charge in [0, 0.05) is 18.8 Å². The third-order valence-electron chi connectivity index (χ3n) is 2.69. The summed E-state index contributed by atoms with van der Waals surface area (Å²) >= 11 is 0. The smallest absolute Gasteiger partial charge is 0.0925 e. The maximum atomic E-state index is 4.41. The van der Waals surface area contributed by atoms with Gasteiger partial charge in [-0.1, -0.05) is 25.1 Å². The van der Waals surface area contributed by atoms with Crippen LogP contribution < -0.4 is 0 Å². The molecule has 2 heteroatoms. The van der Waals surface area contributed by atoms with Gasteiger partial charge in [-0.2, -0.15) is 5.10 Å². The first-order valence-corrected chi connectivity index (χ1v) is 5.30. The van der Waals surface area contributed by atoms with Crippen molar-refractivity contribution >= 4 is 0 Å².